The maximum atomic E-state index is 11.6. The summed E-state index contributed by atoms with van der Waals surface area (Å²) < 4.78 is 4.95. The first-order chi connectivity index (χ1) is 7.39. The lowest BCUT2D eigenvalue weighted by molar-refractivity contribution is -0.124. The van der Waals surface area contributed by atoms with E-state index >= 15 is 0 Å². The number of nitrogens with two attached hydrogens (primary N) is 1. The fourth-order valence-electron chi connectivity index (χ4n) is 1.26. The first-order valence-corrected chi connectivity index (χ1v) is 5.92. The Kier molecular flexibility index (Phi) is 7.34. The molecular weight excluding hydrogens is 204 g/mol. The predicted octanol–water partition coefficient (Wildman–Crippen LogP) is 1.29. The molecule has 16 heavy (non-hydrogen) atoms. The molecular formula is C12H26N2O2. The number of nitrogens with one attached hydrogen (secondary N) is 1. The summed E-state index contributed by atoms with van der Waals surface area (Å²) >= 11 is 0. The van der Waals surface area contributed by atoms with Crippen LogP contribution in [0.15, 0.2) is 0 Å². The molecule has 3 N–H and O–H groups in total. The van der Waals surface area contributed by atoms with Crippen LogP contribution in [-0.4, -0.2) is 32.2 Å². The molecule has 0 aliphatic carbocycles. The van der Waals surface area contributed by atoms with Crippen LogP contribution in [0.5, 0.6) is 0 Å². The van der Waals surface area contributed by atoms with Gasteiger partial charge in [-0.2, -0.15) is 0 Å². The van der Waals surface area contributed by atoms with Gasteiger partial charge >= 0.3 is 0 Å². The Labute approximate surface area is 98.9 Å². The fraction of sp³-hybridized carbons (Fsp3) is 0.917. The van der Waals surface area contributed by atoms with Crippen molar-refractivity contribution in [2.24, 2.45) is 11.1 Å². The van der Waals surface area contributed by atoms with Gasteiger partial charge in [-0.05, 0) is 24.7 Å². The van der Waals surface area contributed by atoms with Crippen molar-refractivity contribution in [3.8, 4) is 0 Å². The van der Waals surface area contributed by atoms with Crippen molar-refractivity contribution in [2.75, 3.05) is 20.3 Å². The van der Waals surface area contributed by atoms with Crippen LogP contribution < -0.4 is 11.1 Å². The van der Waals surface area contributed by atoms with E-state index in [1.165, 1.54) is 0 Å². The molecule has 0 aliphatic rings. The Balaban J connectivity index is 3.58. The molecule has 0 spiro atoms. The van der Waals surface area contributed by atoms with Gasteiger partial charge in [0.15, 0.2) is 0 Å². The highest BCUT2D eigenvalue weighted by Gasteiger charge is 2.26. The zero-order chi connectivity index (χ0) is 12.6. The van der Waals surface area contributed by atoms with Gasteiger partial charge in [-0.3, -0.25) is 4.79 Å². The normalized spacial score (nSPS) is 13.6. The molecule has 0 saturated heterocycles. The van der Waals surface area contributed by atoms with E-state index in [4.69, 9.17) is 10.5 Å². The minimum atomic E-state index is -0.438. The second-order valence-electron chi connectivity index (χ2n) is 5.19. The minimum Gasteiger partial charge on any atom is -0.385 e. The first kappa shape index (κ1) is 15.4. The van der Waals surface area contributed by atoms with Gasteiger partial charge < -0.3 is 15.8 Å². The molecule has 0 aliphatic heterocycles. The molecule has 0 heterocycles. The molecule has 4 heteroatoms. The van der Waals surface area contributed by atoms with E-state index in [1.807, 2.05) is 20.8 Å². The molecule has 4 nitrogen and oxygen atoms in total. The third kappa shape index (κ3) is 6.80. The zero-order valence-corrected chi connectivity index (χ0v) is 11.0. The first-order valence-electron chi connectivity index (χ1n) is 5.92. The molecule has 0 fully saturated rings. The second kappa shape index (κ2) is 7.63. The predicted molar refractivity (Wildman–Crippen MR) is 66.2 cm³/mol. The second-order valence-corrected chi connectivity index (χ2v) is 5.19. The highest BCUT2D eigenvalue weighted by atomic mass is 16.5. The summed E-state index contributed by atoms with van der Waals surface area (Å²) in [4.78, 5) is 11.6. The van der Waals surface area contributed by atoms with Crippen molar-refractivity contribution < 1.29 is 9.53 Å². The quantitative estimate of drug-likeness (QED) is 0.648. The topological polar surface area (TPSA) is 64.3 Å². The zero-order valence-electron chi connectivity index (χ0n) is 11.0. The van der Waals surface area contributed by atoms with E-state index in [1.54, 1.807) is 7.11 Å². The highest BCUT2D eigenvalue weighted by Crippen LogP contribution is 2.17. The lowest BCUT2D eigenvalue weighted by Gasteiger charge is -2.25. The van der Waals surface area contributed by atoms with E-state index in [2.05, 4.69) is 5.32 Å². The van der Waals surface area contributed by atoms with Gasteiger partial charge in [0.05, 0.1) is 6.04 Å². The third-order valence-electron chi connectivity index (χ3n) is 2.54. The van der Waals surface area contributed by atoms with Crippen molar-refractivity contribution in [1.29, 1.82) is 0 Å². The maximum absolute atomic E-state index is 11.6. The van der Waals surface area contributed by atoms with Crippen LogP contribution >= 0.6 is 0 Å². The molecule has 0 saturated carbocycles. The number of amides is 1. The van der Waals surface area contributed by atoms with Crippen LogP contribution in [0.4, 0.5) is 0 Å². The fourth-order valence-corrected chi connectivity index (χ4v) is 1.26. The molecule has 0 aromatic rings. The summed E-state index contributed by atoms with van der Waals surface area (Å²) in [5.74, 6) is -0.0563. The number of ether oxygens (including phenoxy) is 1. The molecule has 1 amide bonds. The number of methoxy groups -OCH3 is 1. The van der Waals surface area contributed by atoms with Crippen molar-refractivity contribution in [1.82, 2.24) is 5.32 Å². The van der Waals surface area contributed by atoms with Crippen LogP contribution in [0.25, 0.3) is 0 Å². The summed E-state index contributed by atoms with van der Waals surface area (Å²) in [6, 6.07) is -0.438. The Morgan fingerprint density at radius 2 is 1.94 bits per heavy atom. The van der Waals surface area contributed by atoms with E-state index in [9.17, 15) is 4.79 Å². The number of rotatable bonds is 7. The smallest absolute Gasteiger partial charge is 0.237 e. The van der Waals surface area contributed by atoms with Crippen LogP contribution in [0.1, 0.15) is 40.0 Å². The number of carbonyl (C=O) groups is 1. The van der Waals surface area contributed by atoms with E-state index in [0.29, 0.717) is 6.54 Å². The number of hydrogen-bond donors (Lipinski definition) is 2. The third-order valence-corrected chi connectivity index (χ3v) is 2.54. The average molecular weight is 230 g/mol. The average Bonchev–Trinajstić information content (AvgIpc) is 2.20. The van der Waals surface area contributed by atoms with E-state index in [0.717, 1.165) is 25.9 Å². The largest absolute Gasteiger partial charge is 0.385 e. The molecule has 0 aromatic heterocycles. The Morgan fingerprint density at radius 1 is 1.31 bits per heavy atom. The summed E-state index contributed by atoms with van der Waals surface area (Å²) in [6.07, 6.45) is 3.09. The summed E-state index contributed by atoms with van der Waals surface area (Å²) in [6.45, 7) is 7.39. The van der Waals surface area contributed by atoms with Gasteiger partial charge in [0.25, 0.3) is 0 Å². The van der Waals surface area contributed by atoms with Gasteiger partial charge in [-0.15, -0.1) is 0 Å². The van der Waals surface area contributed by atoms with Crippen LogP contribution in [0.3, 0.4) is 0 Å². The summed E-state index contributed by atoms with van der Waals surface area (Å²) in [5.41, 5.74) is 5.64. The van der Waals surface area contributed by atoms with Crippen molar-refractivity contribution in [3.63, 3.8) is 0 Å². The molecule has 0 aromatic carbocycles. The van der Waals surface area contributed by atoms with Crippen LogP contribution in [0, 0.1) is 5.41 Å². The minimum absolute atomic E-state index is 0.0563. The SMILES string of the molecule is COCCCCCNC(=O)C(N)C(C)(C)C. The number of hydrogen-bond acceptors (Lipinski definition) is 3. The van der Waals surface area contributed by atoms with Crippen molar-refractivity contribution in [3.05, 3.63) is 0 Å². The number of carbonyl (C=O) groups excluding carboxylic acids is 1. The highest BCUT2D eigenvalue weighted by molar-refractivity contribution is 5.82. The van der Waals surface area contributed by atoms with E-state index < -0.39 is 6.04 Å². The van der Waals surface area contributed by atoms with Gasteiger partial charge in [0.2, 0.25) is 5.91 Å². The molecule has 0 rings (SSSR count). The van der Waals surface area contributed by atoms with Gasteiger partial charge in [0, 0.05) is 20.3 Å². The molecule has 0 radical (unpaired) electrons. The monoisotopic (exact) mass is 230 g/mol. The van der Waals surface area contributed by atoms with Gasteiger partial charge in [-0.1, -0.05) is 20.8 Å². The summed E-state index contributed by atoms with van der Waals surface area (Å²) in [7, 11) is 1.70. The summed E-state index contributed by atoms with van der Waals surface area (Å²) in [5, 5.41) is 2.86. The standard InChI is InChI=1S/C12H26N2O2/c1-12(2,3)10(13)11(15)14-8-6-5-7-9-16-4/h10H,5-9,13H2,1-4H3,(H,14,15). The van der Waals surface area contributed by atoms with Gasteiger partial charge in [0.1, 0.15) is 0 Å². The van der Waals surface area contributed by atoms with Crippen LogP contribution in [-0.2, 0) is 9.53 Å². The van der Waals surface area contributed by atoms with Crippen molar-refractivity contribution >= 4 is 5.91 Å². The lowest BCUT2D eigenvalue weighted by Crippen LogP contribution is -2.48. The van der Waals surface area contributed by atoms with Gasteiger partial charge in [-0.25, -0.2) is 0 Å². The van der Waals surface area contributed by atoms with E-state index in [-0.39, 0.29) is 11.3 Å². The molecule has 0 bridgehead atoms. The molecule has 1 atom stereocenters. The Hall–Kier alpha value is -0.610. The number of unbranched alkanes of at least 4 members (excludes halogenated alkanes) is 2. The Bertz CT molecular complexity index is 200. The maximum Gasteiger partial charge on any atom is 0.237 e. The lowest BCUT2D eigenvalue weighted by atomic mass is 9.87. The molecule has 1 unspecified atom stereocenters. The Morgan fingerprint density at radius 3 is 2.44 bits per heavy atom. The van der Waals surface area contributed by atoms with Crippen molar-refractivity contribution in [2.45, 2.75) is 46.1 Å². The molecule has 96 valence electrons. The van der Waals surface area contributed by atoms with Crippen LogP contribution in [0.2, 0.25) is 0 Å².